The molecule has 0 radical (unpaired) electrons. The summed E-state index contributed by atoms with van der Waals surface area (Å²) < 4.78 is 6.03. The van der Waals surface area contributed by atoms with Crippen molar-refractivity contribution in [3.63, 3.8) is 0 Å². The third kappa shape index (κ3) is 3.78. The minimum Gasteiger partial charge on any atom is -0.373 e. The number of rotatable bonds is 3. The number of ether oxygens (including phenoxy) is 1. The second kappa shape index (κ2) is 5.71. The highest BCUT2D eigenvalue weighted by atomic mass is 16.5. The van der Waals surface area contributed by atoms with Crippen LogP contribution in [0.5, 0.6) is 0 Å². The third-order valence-corrected chi connectivity index (χ3v) is 3.82. The van der Waals surface area contributed by atoms with Gasteiger partial charge in [-0.1, -0.05) is 26.8 Å². The quantitative estimate of drug-likeness (QED) is 0.830. The van der Waals surface area contributed by atoms with Crippen molar-refractivity contribution in [1.29, 1.82) is 5.26 Å². The van der Waals surface area contributed by atoms with E-state index < -0.39 is 0 Å². The lowest BCUT2D eigenvalue weighted by molar-refractivity contribution is -0.0317. The Morgan fingerprint density at radius 3 is 2.95 bits per heavy atom. The predicted molar refractivity (Wildman–Crippen MR) is 74.3 cm³/mol. The van der Waals surface area contributed by atoms with Gasteiger partial charge in [-0.25, -0.2) is 4.98 Å². The second-order valence-corrected chi connectivity index (χ2v) is 6.47. The molecule has 0 spiro atoms. The molecule has 2 atom stereocenters. The Bertz CT molecular complexity index is 476. The van der Waals surface area contributed by atoms with Crippen LogP contribution in [0.2, 0.25) is 0 Å². The molecular formula is C16H22N2O. The molecule has 0 aromatic carbocycles. The summed E-state index contributed by atoms with van der Waals surface area (Å²) in [5.41, 5.74) is 1.72. The summed E-state index contributed by atoms with van der Waals surface area (Å²) in [4.78, 5) is 4.06. The van der Waals surface area contributed by atoms with Gasteiger partial charge in [0.15, 0.2) is 0 Å². The molecule has 0 amide bonds. The van der Waals surface area contributed by atoms with Gasteiger partial charge in [0, 0.05) is 11.8 Å². The van der Waals surface area contributed by atoms with Gasteiger partial charge in [0.25, 0.3) is 0 Å². The number of hydrogen-bond donors (Lipinski definition) is 0. The Morgan fingerprint density at radius 1 is 1.47 bits per heavy atom. The van der Waals surface area contributed by atoms with E-state index in [1.165, 1.54) is 6.42 Å². The minimum absolute atomic E-state index is 0.297. The number of nitrogens with zero attached hydrogens (tertiary/aromatic N) is 2. The van der Waals surface area contributed by atoms with E-state index >= 15 is 0 Å². The molecule has 1 aliphatic rings. The van der Waals surface area contributed by atoms with Crippen LogP contribution in [0, 0.1) is 22.7 Å². The van der Waals surface area contributed by atoms with Crippen LogP contribution in [-0.4, -0.2) is 11.1 Å². The Labute approximate surface area is 115 Å². The topological polar surface area (TPSA) is 45.9 Å². The lowest BCUT2D eigenvalue weighted by atomic mass is 9.71. The van der Waals surface area contributed by atoms with E-state index in [9.17, 15) is 0 Å². The molecule has 2 unspecified atom stereocenters. The maximum Gasteiger partial charge on any atom is 0.145 e. The van der Waals surface area contributed by atoms with Crippen LogP contribution < -0.4 is 0 Å². The smallest absolute Gasteiger partial charge is 0.145 e. The van der Waals surface area contributed by atoms with Crippen LogP contribution in [-0.2, 0) is 11.3 Å². The molecular weight excluding hydrogens is 236 g/mol. The Morgan fingerprint density at radius 2 is 2.26 bits per heavy atom. The summed E-state index contributed by atoms with van der Waals surface area (Å²) in [5.74, 6) is 0.707. The van der Waals surface area contributed by atoms with Gasteiger partial charge in [0.2, 0.25) is 0 Å². The molecule has 1 fully saturated rings. The monoisotopic (exact) mass is 258 g/mol. The van der Waals surface area contributed by atoms with Crippen molar-refractivity contribution in [3.05, 3.63) is 29.6 Å². The average Bonchev–Trinajstić information content (AvgIpc) is 2.34. The van der Waals surface area contributed by atoms with Crippen LogP contribution >= 0.6 is 0 Å². The lowest BCUT2D eigenvalue weighted by Crippen LogP contribution is -2.32. The zero-order valence-corrected chi connectivity index (χ0v) is 12.0. The molecule has 1 heterocycles. The Kier molecular flexibility index (Phi) is 4.21. The molecule has 1 aromatic rings. The number of nitriles is 1. The maximum absolute atomic E-state index is 9.01. The normalized spacial score (nSPS) is 25.8. The van der Waals surface area contributed by atoms with E-state index in [0.717, 1.165) is 18.4 Å². The fourth-order valence-corrected chi connectivity index (χ4v) is 3.25. The van der Waals surface area contributed by atoms with Gasteiger partial charge < -0.3 is 4.74 Å². The van der Waals surface area contributed by atoms with E-state index in [2.05, 4.69) is 31.8 Å². The fourth-order valence-electron chi connectivity index (χ4n) is 3.25. The zero-order chi connectivity index (χ0) is 13.9. The highest BCUT2D eigenvalue weighted by Crippen LogP contribution is 2.39. The van der Waals surface area contributed by atoms with Crippen molar-refractivity contribution in [3.8, 4) is 6.07 Å². The molecule has 0 bridgehead atoms. The molecule has 0 aliphatic heterocycles. The van der Waals surface area contributed by atoms with Gasteiger partial charge >= 0.3 is 0 Å². The van der Waals surface area contributed by atoms with Crippen molar-refractivity contribution in [2.45, 2.75) is 52.7 Å². The maximum atomic E-state index is 9.01. The van der Waals surface area contributed by atoms with Crippen molar-refractivity contribution < 1.29 is 4.74 Å². The lowest BCUT2D eigenvalue weighted by Gasteiger charge is -2.38. The molecule has 1 saturated carbocycles. The third-order valence-electron chi connectivity index (χ3n) is 3.82. The molecule has 0 saturated heterocycles. The first-order valence-corrected chi connectivity index (χ1v) is 6.96. The average molecular weight is 258 g/mol. The number of hydrogen-bond acceptors (Lipinski definition) is 3. The van der Waals surface area contributed by atoms with Gasteiger partial charge in [0.1, 0.15) is 11.8 Å². The summed E-state index contributed by atoms with van der Waals surface area (Å²) in [6, 6.07) is 5.89. The van der Waals surface area contributed by atoms with E-state index in [1.54, 1.807) is 6.20 Å². The highest BCUT2D eigenvalue weighted by Gasteiger charge is 2.32. The van der Waals surface area contributed by atoms with Gasteiger partial charge in [-0.2, -0.15) is 5.26 Å². The highest BCUT2D eigenvalue weighted by molar-refractivity contribution is 5.29. The molecule has 0 N–H and O–H groups in total. The summed E-state index contributed by atoms with van der Waals surface area (Å²) in [7, 11) is 0. The first-order chi connectivity index (χ1) is 9.00. The van der Waals surface area contributed by atoms with Crippen LogP contribution in [0.3, 0.4) is 0 Å². The zero-order valence-electron chi connectivity index (χ0n) is 12.0. The fraction of sp³-hybridized carbons (Fsp3) is 0.625. The van der Waals surface area contributed by atoms with Gasteiger partial charge in [-0.05, 0) is 36.7 Å². The number of aromatic nitrogens is 1. The predicted octanol–water partition coefficient (Wildman–Crippen LogP) is 3.68. The summed E-state index contributed by atoms with van der Waals surface area (Å²) in [6.45, 7) is 7.40. The standard InChI is InChI=1S/C16H22N2O/c1-12-7-14(9-16(2,3)8-12)19-11-13-5-4-6-18-15(13)10-17/h4-6,12,14H,7-9,11H2,1-3H3. The van der Waals surface area contributed by atoms with E-state index in [1.807, 2.05) is 12.1 Å². The van der Waals surface area contributed by atoms with Crippen LogP contribution in [0.15, 0.2) is 18.3 Å². The summed E-state index contributed by atoms with van der Waals surface area (Å²) in [6.07, 6.45) is 5.42. The second-order valence-electron chi connectivity index (χ2n) is 6.47. The molecule has 3 heteroatoms. The Hall–Kier alpha value is -1.40. The number of pyridine rings is 1. The molecule has 3 nitrogen and oxygen atoms in total. The van der Waals surface area contributed by atoms with E-state index in [4.69, 9.17) is 10.00 Å². The first kappa shape index (κ1) is 14.0. The summed E-state index contributed by atoms with van der Waals surface area (Å²) >= 11 is 0. The molecule has 1 aromatic heterocycles. The molecule has 1 aliphatic carbocycles. The van der Waals surface area contributed by atoms with Crippen molar-refractivity contribution >= 4 is 0 Å². The van der Waals surface area contributed by atoms with E-state index in [0.29, 0.717) is 29.7 Å². The first-order valence-electron chi connectivity index (χ1n) is 6.96. The largest absolute Gasteiger partial charge is 0.373 e. The van der Waals surface area contributed by atoms with E-state index in [-0.39, 0.29) is 0 Å². The van der Waals surface area contributed by atoms with Gasteiger partial charge in [0.05, 0.1) is 12.7 Å². The minimum atomic E-state index is 0.297. The van der Waals surface area contributed by atoms with Crippen LogP contribution in [0.4, 0.5) is 0 Å². The van der Waals surface area contributed by atoms with Crippen molar-refractivity contribution in [1.82, 2.24) is 4.98 Å². The van der Waals surface area contributed by atoms with Gasteiger partial charge in [-0.3, -0.25) is 0 Å². The molecule has 2 rings (SSSR count). The Balaban J connectivity index is 1.97. The SMILES string of the molecule is CC1CC(OCc2cccnc2C#N)CC(C)(C)C1. The molecule has 102 valence electrons. The molecule has 19 heavy (non-hydrogen) atoms. The van der Waals surface area contributed by atoms with Gasteiger partial charge in [-0.15, -0.1) is 0 Å². The van der Waals surface area contributed by atoms with Crippen molar-refractivity contribution in [2.24, 2.45) is 11.3 Å². The van der Waals surface area contributed by atoms with Crippen molar-refractivity contribution in [2.75, 3.05) is 0 Å². The van der Waals surface area contributed by atoms with Crippen LogP contribution in [0.1, 0.15) is 51.3 Å². The summed E-state index contributed by atoms with van der Waals surface area (Å²) in [5, 5.41) is 9.01. The van der Waals surface area contributed by atoms with Crippen LogP contribution in [0.25, 0.3) is 0 Å².